The second-order valence-electron chi connectivity index (χ2n) is 0.856. The molecule has 0 aromatic rings. The summed E-state index contributed by atoms with van der Waals surface area (Å²) in [5.74, 6) is 0. The number of rotatable bonds is 0. The maximum absolute atomic E-state index is 8.74. The molecule has 0 aliphatic heterocycles. The topological polar surface area (TPSA) is 155 Å². The first-order chi connectivity index (χ1) is 4.00. The van der Waals surface area contributed by atoms with Gasteiger partial charge < -0.3 is 9.11 Å². The molecule has 0 saturated heterocycles. The van der Waals surface area contributed by atoms with Crippen LogP contribution < -0.4 is 18.9 Å². The van der Waals surface area contributed by atoms with Gasteiger partial charge in [0.05, 0.1) is 0 Å². The van der Waals surface area contributed by atoms with Crippen molar-refractivity contribution in [3.63, 3.8) is 0 Å². The molecule has 2 N–H and O–H groups in total. The molecule has 0 aliphatic carbocycles. The summed E-state index contributed by atoms with van der Waals surface area (Å²) in [6.45, 7) is 0. The van der Waals surface area contributed by atoms with Crippen LogP contribution in [0.4, 0.5) is 0 Å². The van der Waals surface area contributed by atoms with Crippen LogP contribution in [0.3, 0.4) is 0 Å². The molecule has 0 radical (unpaired) electrons. The van der Waals surface area contributed by atoms with E-state index in [0.717, 1.165) is 0 Å². The minimum atomic E-state index is -5.17. The molecule has 0 aromatic carbocycles. The van der Waals surface area contributed by atoms with Crippen LogP contribution in [0, 0.1) is 0 Å². The van der Waals surface area contributed by atoms with Crippen molar-refractivity contribution in [2.45, 2.75) is 0 Å². The summed E-state index contributed by atoms with van der Waals surface area (Å²) < 4.78 is 65.7. The summed E-state index contributed by atoms with van der Waals surface area (Å²) in [5, 5.41) is 0. The fourth-order valence-corrected chi connectivity index (χ4v) is 0. The van der Waals surface area contributed by atoms with Gasteiger partial charge in [0, 0.05) is 10.4 Å². The van der Waals surface area contributed by atoms with E-state index in [-0.39, 0.29) is 41.2 Å². The molecule has 0 bridgehead atoms. The summed E-state index contributed by atoms with van der Waals surface area (Å²) >= 11 is 0. The van der Waals surface area contributed by atoms with Crippen LogP contribution in [0.1, 0.15) is 0 Å². The second kappa shape index (κ2) is 8.67. The predicted octanol–water partition coefficient (Wildman–Crippen LogP) is -4.99. The third-order valence-corrected chi connectivity index (χ3v) is 0. The Kier molecular flexibility index (Phi) is 16.7. The fourth-order valence-electron chi connectivity index (χ4n) is 0. The van der Waals surface area contributed by atoms with E-state index in [1.165, 1.54) is 0 Å². The van der Waals surface area contributed by atoms with Crippen LogP contribution in [0.15, 0.2) is 0 Å². The Hall–Kier alpha value is 1.08. The standard InChI is InChI=1S/Ag.Li.2H2O4S/c;;2*1-5(2,3)4/h;;2*(H2,1,2,3,4)/q2*+1;;/p-2. The van der Waals surface area contributed by atoms with E-state index in [0.29, 0.717) is 0 Å². The number of hydrogen-bond donors (Lipinski definition) is 2. The van der Waals surface area contributed by atoms with E-state index >= 15 is 0 Å². The Morgan fingerprint density at radius 1 is 0.917 bits per heavy atom. The van der Waals surface area contributed by atoms with Gasteiger partial charge in [-0.3, -0.25) is 17.5 Å². The average Bonchev–Trinajstić information content (AvgIpc) is 1.12. The molecule has 74 valence electrons. The van der Waals surface area contributed by atoms with Crippen molar-refractivity contribution >= 4 is 20.8 Å². The van der Waals surface area contributed by atoms with Crippen LogP contribution in [0.5, 0.6) is 0 Å². The van der Waals surface area contributed by atoms with Gasteiger partial charge in [-0.15, -0.1) is 0 Å². The Morgan fingerprint density at radius 3 is 0.917 bits per heavy atom. The summed E-state index contributed by atoms with van der Waals surface area (Å²) in [5.41, 5.74) is 0. The molecule has 0 atom stereocenters. The van der Waals surface area contributed by atoms with E-state index in [2.05, 4.69) is 0 Å². The van der Waals surface area contributed by atoms with Crippen molar-refractivity contribution in [1.29, 1.82) is 0 Å². The maximum Gasteiger partial charge on any atom is 1.00 e. The van der Waals surface area contributed by atoms with Crippen molar-refractivity contribution < 1.29 is 76.3 Å². The van der Waals surface area contributed by atoms with Gasteiger partial charge >= 0.3 is 51.6 Å². The van der Waals surface area contributed by atoms with E-state index < -0.39 is 20.8 Å². The van der Waals surface area contributed by atoms with Crippen LogP contribution in [0.25, 0.3) is 0 Å². The average molecular weight is 309 g/mol. The van der Waals surface area contributed by atoms with Crippen LogP contribution in [0.2, 0.25) is 0 Å². The van der Waals surface area contributed by atoms with Gasteiger partial charge in [0.1, 0.15) is 0 Å². The SMILES string of the molecule is O=S(=O)(O)O.O=S(=O)([O-])[O-].[Ag+].[Li+]. The summed E-state index contributed by atoms with van der Waals surface area (Å²) in [6, 6.07) is 0. The zero-order valence-electron chi connectivity index (χ0n) is 5.46. The quantitative estimate of drug-likeness (QED) is 0.256. The largest absolute Gasteiger partial charge is 1.00 e. The van der Waals surface area contributed by atoms with E-state index in [4.69, 9.17) is 35.0 Å². The maximum atomic E-state index is 8.74. The van der Waals surface area contributed by atoms with Crippen LogP contribution in [-0.4, -0.2) is 35.0 Å². The molecule has 0 fully saturated rings. The van der Waals surface area contributed by atoms with Gasteiger partial charge in [-0.2, -0.15) is 8.42 Å². The zero-order valence-corrected chi connectivity index (χ0v) is 8.58. The summed E-state index contributed by atoms with van der Waals surface area (Å²) in [6.07, 6.45) is 0. The normalized spacial score (nSPS) is 9.67. The molecule has 0 aliphatic rings. The van der Waals surface area contributed by atoms with E-state index in [9.17, 15) is 0 Å². The smallest absolute Gasteiger partial charge is 0.759 e. The molecule has 0 spiro atoms. The number of hydrogen-bond acceptors (Lipinski definition) is 6. The van der Waals surface area contributed by atoms with Gasteiger partial charge in [-0.1, -0.05) is 0 Å². The van der Waals surface area contributed by atoms with Gasteiger partial charge in [-0.05, 0) is 0 Å². The van der Waals surface area contributed by atoms with Crippen molar-refractivity contribution in [1.82, 2.24) is 0 Å². The van der Waals surface area contributed by atoms with Crippen LogP contribution >= 0.6 is 0 Å². The molecule has 0 rings (SSSR count). The second-order valence-corrected chi connectivity index (χ2v) is 2.57. The first-order valence-electron chi connectivity index (χ1n) is 1.37. The molecule has 8 nitrogen and oxygen atoms in total. The minimum Gasteiger partial charge on any atom is -0.759 e. The van der Waals surface area contributed by atoms with Crippen molar-refractivity contribution in [2.75, 3.05) is 0 Å². The van der Waals surface area contributed by atoms with Crippen molar-refractivity contribution in [3.8, 4) is 0 Å². The van der Waals surface area contributed by atoms with Gasteiger partial charge in [-0.25, -0.2) is 0 Å². The van der Waals surface area contributed by atoms with Crippen LogP contribution in [-0.2, 0) is 43.2 Å². The third-order valence-electron chi connectivity index (χ3n) is 0. The molecule has 0 amide bonds. The third kappa shape index (κ3) is 969. The first-order valence-corrected chi connectivity index (χ1v) is 4.10. The molecule has 0 unspecified atom stereocenters. The van der Waals surface area contributed by atoms with E-state index in [1.807, 2.05) is 0 Å². The Bertz CT molecular complexity index is 213. The monoisotopic (exact) mass is 308 g/mol. The first kappa shape index (κ1) is 23.1. The Morgan fingerprint density at radius 2 is 0.917 bits per heavy atom. The summed E-state index contributed by atoms with van der Waals surface area (Å²) in [7, 11) is -9.83. The van der Waals surface area contributed by atoms with Gasteiger partial charge in [0.25, 0.3) is 0 Å². The Balaban J connectivity index is -0.0000000457. The fraction of sp³-hybridized carbons (Fsp3) is 0. The molecule has 0 saturated carbocycles. The predicted molar refractivity (Wildman–Crippen MR) is 24.7 cm³/mol. The van der Waals surface area contributed by atoms with Gasteiger partial charge in [0.2, 0.25) is 0 Å². The minimum absolute atomic E-state index is 0. The molecule has 0 heterocycles. The molecule has 12 heteroatoms. The molecule has 0 aromatic heterocycles. The molecular formula is H2AgLiO8S2. The Labute approximate surface area is 96.6 Å². The van der Waals surface area contributed by atoms with E-state index in [1.54, 1.807) is 0 Å². The van der Waals surface area contributed by atoms with Gasteiger partial charge in [0.15, 0.2) is 0 Å². The summed E-state index contributed by atoms with van der Waals surface area (Å²) in [4.78, 5) is 0. The molecular weight excluding hydrogens is 307 g/mol. The zero-order chi connectivity index (χ0) is 9.00. The molecule has 12 heavy (non-hydrogen) atoms. The van der Waals surface area contributed by atoms with Crippen molar-refractivity contribution in [2.24, 2.45) is 0 Å². The van der Waals surface area contributed by atoms with Crippen molar-refractivity contribution in [3.05, 3.63) is 0 Å².